The number of methoxy groups -OCH3 is 2. The number of halogens is 4. The lowest BCUT2D eigenvalue weighted by molar-refractivity contribution is -0.133. The lowest BCUT2D eigenvalue weighted by Gasteiger charge is -2.22. The van der Waals surface area contributed by atoms with Crippen LogP contribution in [0.3, 0.4) is 0 Å². The van der Waals surface area contributed by atoms with Gasteiger partial charge in [-0.05, 0) is 187 Å². The molecule has 0 atom stereocenters. The van der Waals surface area contributed by atoms with E-state index in [0.29, 0.717) is 97.7 Å². The van der Waals surface area contributed by atoms with E-state index in [2.05, 4.69) is 49.7 Å². The van der Waals surface area contributed by atoms with E-state index in [4.69, 9.17) is 94.4 Å². The fraction of sp³-hybridized carbons (Fsp3) is 0.344. The number of ether oxygens (including phenoxy) is 4. The smallest absolute Gasteiger partial charge is 0.360 e. The average Bonchev–Trinajstić information content (AvgIpc) is 2.58. The molecule has 0 aromatic heterocycles. The quantitative estimate of drug-likeness (QED) is 0.0152. The molecule has 6 rings (SSSR count). The summed E-state index contributed by atoms with van der Waals surface area (Å²) in [7, 11) is 8.31. The number of esters is 2. The van der Waals surface area contributed by atoms with Gasteiger partial charge in [-0.3, -0.25) is 0 Å². The van der Waals surface area contributed by atoms with Crippen molar-refractivity contribution in [1.82, 2.24) is 0 Å². The van der Waals surface area contributed by atoms with E-state index < -0.39 is 11.9 Å². The Hall–Kier alpha value is -8.08. The summed E-state index contributed by atoms with van der Waals surface area (Å²) in [5, 5.41) is 27.1. The number of nitrogens with zero attached hydrogens (tertiary/aromatic N) is 6. The molecule has 4 aromatic carbocycles. The highest BCUT2D eigenvalue weighted by molar-refractivity contribution is 6.48. The molecule has 0 fully saturated rings. The van der Waals surface area contributed by atoms with Gasteiger partial charge in [-0.2, -0.15) is 0 Å². The van der Waals surface area contributed by atoms with E-state index >= 15 is 0 Å². The van der Waals surface area contributed by atoms with Crippen LogP contribution in [0.15, 0.2) is 160 Å². The van der Waals surface area contributed by atoms with Crippen molar-refractivity contribution in [1.29, 1.82) is 0 Å². The number of hydrogen-bond donors (Lipinski definition) is 0. The lowest BCUT2D eigenvalue weighted by atomic mass is 9.85. The summed E-state index contributed by atoms with van der Waals surface area (Å²) in [5.74, 6) is 6.10. The van der Waals surface area contributed by atoms with Crippen LogP contribution in [0.4, 0.5) is 0 Å². The van der Waals surface area contributed by atoms with Crippen LogP contribution in [0.2, 0.25) is 20.1 Å². The van der Waals surface area contributed by atoms with Crippen LogP contribution in [-0.4, -0.2) is 115 Å². The number of allylic oxidation sites excluding steroid dienone is 4. The highest BCUT2D eigenvalue weighted by Gasteiger charge is 2.28. The van der Waals surface area contributed by atoms with Crippen LogP contribution in [0.25, 0.3) is 0 Å². The Kier molecular flexibility index (Phi) is 28.3. The molecule has 0 spiro atoms. The molecule has 4 aromatic rings. The van der Waals surface area contributed by atoms with Crippen LogP contribution in [0, 0.1) is 11.8 Å². The van der Waals surface area contributed by atoms with Gasteiger partial charge >= 0.3 is 11.9 Å². The normalized spacial score (nSPS) is 14.4. The molecule has 86 heavy (non-hydrogen) atoms. The van der Waals surface area contributed by atoms with Crippen molar-refractivity contribution < 1.29 is 57.6 Å². The number of aryl methyl sites for hydroxylation is 1. The standard InChI is InChI=1S/C32H37Cl2N3O6.C32H33Cl2N3O6/c2*1-20-16-25(28(17-21(20)2)31(37-41-6)32(38)39-4)19-43-35-22(3)30(36-40-5)24-10-13-27(14-11-24)42-15-7-8-23-9-12-26(33)18-29(23)34/h9-14,18H,7-8,15-17,19H2,1-6H3;9-14,18H,15-17,19H2,1-6H3/b2*35-22+,36-30-,37-31+. The molecule has 456 valence electrons. The molecule has 0 heterocycles. The van der Waals surface area contributed by atoms with Crippen LogP contribution >= 0.6 is 46.4 Å². The van der Waals surface area contributed by atoms with Gasteiger partial charge in [0.1, 0.15) is 82.6 Å². The van der Waals surface area contributed by atoms with Crippen LogP contribution in [0.1, 0.15) is 95.9 Å². The summed E-state index contributed by atoms with van der Waals surface area (Å²) in [6, 6.07) is 25.4. The zero-order valence-electron chi connectivity index (χ0n) is 50.2. The van der Waals surface area contributed by atoms with Crippen molar-refractivity contribution in [3.05, 3.63) is 172 Å². The number of carbonyl (C=O) groups excluding carboxylic acids is 2. The highest BCUT2D eigenvalue weighted by Crippen LogP contribution is 2.33. The average molecular weight is 1260 g/mol. The van der Waals surface area contributed by atoms with E-state index in [1.807, 2.05) is 69.3 Å². The second-order valence-corrected chi connectivity index (χ2v) is 21.0. The Morgan fingerprint density at radius 3 is 1.35 bits per heavy atom. The highest BCUT2D eigenvalue weighted by atomic mass is 35.5. The van der Waals surface area contributed by atoms with Crippen LogP contribution in [0.5, 0.6) is 11.5 Å². The van der Waals surface area contributed by atoms with E-state index in [-0.39, 0.29) is 31.2 Å². The van der Waals surface area contributed by atoms with Crippen molar-refractivity contribution in [3.63, 3.8) is 0 Å². The van der Waals surface area contributed by atoms with E-state index in [1.165, 1.54) is 53.8 Å². The van der Waals surface area contributed by atoms with Gasteiger partial charge in [0.2, 0.25) is 0 Å². The molecule has 0 N–H and O–H groups in total. The van der Waals surface area contributed by atoms with Gasteiger partial charge in [0.25, 0.3) is 0 Å². The van der Waals surface area contributed by atoms with Crippen LogP contribution < -0.4 is 9.47 Å². The molecule has 0 unspecified atom stereocenters. The van der Waals surface area contributed by atoms with Crippen molar-refractivity contribution >= 4 is 92.6 Å². The molecule has 18 nitrogen and oxygen atoms in total. The largest absolute Gasteiger partial charge is 0.494 e. The summed E-state index contributed by atoms with van der Waals surface area (Å²) < 4.78 is 21.5. The minimum atomic E-state index is -0.582. The third-order valence-corrected chi connectivity index (χ3v) is 14.5. The summed E-state index contributed by atoms with van der Waals surface area (Å²) >= 11 is 24.3. The zero-order valence-corrected chi connectivity index (χ0v) is 53.3. The van der Waals surface area contributed by atoms with Gasteiger partial charge in [0, 0.05) is 31.8 Å². The molecule has 0 bridgehead atoms. The maximum absolute atomic E-state index is 12.4. The van der Waals surface area contributed by atoms with E-state index in [1.54, 1.807) is 50.2 Å². The Labute approximate surface area is 522 Å². The van der Waals surface area contributed by atoms with Gasteiger partial charge < -0.3 is 48.0 Å². The first kappa shape index (κ1) is 68.7. The SMILES string of the molecule is CO/N=C(/C(=O)OC)C1=C(CO/N=C(C)/C(=N/OC)c2ccc(OCC#Cc3ccc(Cl)cc3Cl)cc2)CC(C)=C(C)C1.CO/N=C(/C(=O)OC)C1=C(CO/N=C(C)/C(=N/OC)c2ccc(OCCCc3ccc(Cl)cc3Cl)cc2)CC(C)=C(C)C1. The molecule has 0 saturated carbocycles. The molecule has 2 aliphatic carbocycles. The molecule has 22 heteroatoms. The van der Waals surface area contributed by atoms with E-state index in [0.717, 1.165) is 57.6 Å². The molecule has 0 saturated heterocycles. The summed E-state index contributed by atoms with van der Waals surface area (Å²) in [6.45, 7) is 12.7. The first-order valence-electron chi connectivity index (χ1n) is 26.9. The maximum atomic E-state index is 12.4. The van der Waals surface area contributed by atoms with E-state index in [9.17, 15) is 9.59 Å². The molecule has 0 amide bonds. The maximum Gasteiger partial charge on any atom is 0.360 e. The summed E-state index contributed by atoms with van der Waals surface area (Å²) in [4.78, 5) is 56.3. The second kappa shape index (κ2) is 35.4. The summed E-state index contributed by atoms with van der Waals surface area (Å²) in [6.07, 6.45) is 3.86. The van der Waals surface area contributed by atoms with Crippen molar-refractivity contribution in [3.8, 4) is 23.3 Å². The minimum Gasteiger partial charge on any atom is -0.494 e. The fourth-order valence-electron chi connectivity index (χ4n) is 8.60. The fourth-order valence-corrected chi connectivity index (χ4v) is 9.56. The van der Waals surface area contributed by atoms with Gasteiger partial charge in [-0.25, -0.2) is 9.59 Å². The van der Waals surface area contributed by atoms with Gasteiger partial charge in [0.15, 0.2) is 11.4 Å². The Balaban J connectivity index is 0.000000314. The molecule has 0 aliphatic heterocycles. The molecular formula is C64H70Cl4N6O12. The van der Waals surface area contributed by atoms with Crippen molar-refractivity contribution in [2.75, 3.05) is 69.1 Å². The topological polar surface area (TPSA) is 201 Å². The lowest BCUT2D eigenvalue weighted by Crippen LogP contribution is -2.23. The zero-order chi connectivity index (χ0) is 62.7. The predicted octanol–water partition coefficient (Wildman–Crippen LogP) is 14.1. The number of carbonyl (C=O) groups is 2. The third-order valence-electron chi connectivity index (χ3n) is 13.4. The molecular weight excluding hydrogens is 1190 g/mol. The van der Waals surface area contributed by atoms with Gasteiger partial charge in [0.05, 0.1) is 25.8 Å². The number of rotatable bonds is 25. The third kappa shape index (κ3) is 20.6. The monoisotopic (exact) mass is 1250 g/mol. The second-order valence-electron chi connectivity index (χ2n) is 19.3. The van der Waals surface area contributed by atoms with Gasteiger partial charge in [-0.1, -0.05) is 118 Å². The number of oxime groups is 6. The van der Waals surface area contributed by atoms with Crippen LogP contribution in [-0.2, 0) is 54.5 Å². The first-order valence-corrected chi connectivity index (χ1v) is 28.4. The van der Waals surface area contributed by atoms with Crippen molar-refractivity contribution in [2.24, 2.45) is 30.9 Å². The number of benzene rings is 4. The Morgan fingerprint density at radius 2 is 0.919 bits per heavy atom. The first-order chi connectivity index (χ1) is 41.4. The predicted molar refractivity (Wildman–Crippen MR) is 339 cm³/mol. The molecule has 0 radical (unpaired) electrons. The Bertz CT molecular complexity index is 3440. The Morgan fingerprint density at radius 1 is 0.500 bits per heavy atom. The minimum absolute atomic E-state index is 0.111. The number of hydrogen-bond acceptors (Lipinski definition) is 18. The van der Waals surface area contributed by atoms with Crippen molar-refractivity contribution in [2.45, 2.75) is 80.1 Å². The molecule has 2 aliphatic rings. The van der Waals surface area contributed by atoms with Gasteiger partial charge in [-0.15, -0.1) is 0 Å². The summed E-state index contributed by atoms with van der Waals surface area (Å²) in [5.41, 5.74) is 13.3.